The average Bonchev–Trinajstić information content (AvgIpc) is 2.15. The van der Waals surface area contributed by atoms with Crippen molar-refractivity contribution in [2.45, 2.75) is 6.04 Å². The second-order valence-corrected chi connectivity index (χ2v) is 3.30. The number of carbonyl (C=O) groups is 1. The molecule has 82 valence electrons. The molecule has 0 bridgehead atoms. The molecule has 1 amide bonds. The molecule has 0 aliphatic rings. The van der Waals surface area contributed by atoms with Crippen LogP contribution in [0.2, 0.25) is 5.02 Å². The number of rotatable bonds is 4. The van der Waals surface area contributed by atoms with Crippen LogP contribution in [0.25, 0.3) is 0 Å². The maximum atomic E-state index is 12.6. The van der Waals surface area contributed by atoms with Crippen LogP contribution in [-0.4, -0.2) is 18.6 Å². The number of carbonyl (C=O) groups excluding carboxylic acids is 1. The molecule has 1 rings (SSSR count). The maximum Gasteiger partial charge on any atom is 0.237 e. The van der Waals surface area contributed by atoms with Gasteiger partial charge in [0.2, 0.25) is 5.91 Å². The van der Waals surface area contributed by atoms with Crippen molar-refractivity contribution in [3.05, 3.63) is 29.0 Å². The zero-order valence-electron chi connectivity index (χ0n) is 7.74. The molecular weight excluding hydrogens is 223 g/mol. The molecular formula is C9H10ClFN2O2. The van der Waals surface area contributed by atoms with Crippen molar-refractivity contribution in [1.82, 2.24) is 0 Å². The molecule has 1 atom stereocenters. The average molecular weight is 233 g/mol. The van der Waals surface area contributed by atoms with Crippen LogP contribution in [0.15, 0.2) is 18.2 Å². The van der Waals surface area contributed by atoms with Crippen LogP contribution in [-0.2, 0) is 4.79 Å². The van der Waals surface area contributed by atoms with E-state index in [1.165, 1.54) is 12.1 Å². The van der Waals surface area contributed by atoms with Crippen molar-refractivity contribution in [1.29, 1.82) is 0 Å². The summed E-state index contributed by atoms with van der Waals surface area (Å²) in [6.07, 6.45) is 0. The van der Waals surface area contributed by atoms with Gasteiger partial charge >= 0.3 is 0 Å². The molecule has 0 fully saturated rings. The highest BCUT2D eigenvalue weighted by molar-refractivity contribution is 6.32. The van der Waals surface area contributed by atoms with Gasteiger partial charge in [-0.2, -0.15) is 0 Å². The fourth-order valence-electron chi connectivity index (χ4n) is 0.854. The molecule has 4 nitrogen and oxygen atoms in total. The molecule has 1 unspecified atom stereocenters. The molecule has 0 heterocycles. The highest BCUT2D eigenvalue weighted by Gasteiger charge is 2.11. The van der Waals surface area contributed by atoms with Gasteiger partial charge in [0, 0.05) is 0 Å². The van der Waals surface area contributed by atoms with Crippen molar-refractivity contribution in [3.63, 3.8) is 0 Å². The first-order valence-corrected chi connectivity index (χ1v) is 4.51. The number of nitrogens with two attached hydrogens (primary N) is 2. The lowest BCUT2D eigenvalue weighted by Crippen LogP contribution is -2.41. The van der Waals surface area contributed by atoms with Crippen LogP contribution in [0.3, 0.4) is 0 Å². The minimum atomic E-state index is -0.911. The molecule has 1 aromatic carbocycles. The summed E-state index contributed by atoms with van der Waals surface area (Å²) in [6, 6.07) is 2.74. The second kappa shape index (κ2) is 4.95. The number of primary amides is 1. The third-order valence-electron chi connectivity index (χ3n) is 1.68. The first-order chi connectivity index (χ1) is 7.00. The SMILES string of the molecule is NC(=O)C(N)COc1ccc(F)cc1Cl. The summed E-state index contributed by atoms with van der Waals surface area (Å²) in [5.41, 5.74) is 10.3. The highest BCUT2D eigenvalue weighted by Crippen LogP contribution is 2.24. The van der Waals surface area contributed by atoms with E-state index in [1.807, 2.05) is 0 Å². The first-order valence-electron chi connectivity index (χ1n) is 4.13. The Labute approximate surface area is 90.9 Å². The molecule has 15 heavy (non-hydrogen) atoms. The first kappa shape index (κ1) is 11.7. The molecule has 0 radical (unpaired) electrons. The molecule has 4 N–H and O–H groups in total. The Morgan fingerprint density at radius 2 is 2.27 bits per heavy atom. The predicted molar refractivity (Wildman–Crippen MR) is 54.1 cm³/mol. The Morgan fingerprint density at radius 3 is 2.80 bits per heavy atom. The summed E-state index contributed by atoms with van der Waals surface area (Å²) >= 11 is 5.67. The van der Waals surface area contributed by atoms with E-state index in [1.54, 1.807) is 0 Å². The Morgan fingerprint density at radius 1 is 1.60 bits per heavy atom. The summed E-state index contributed by atoms with van der Waals surface area (Å²) in [4.78, 5) is 10.6. The van der Waals surface area contributed by atoms with Crippen molar-refractivity contribution in [2.24, 2.45) is 11.5 Å². The third-order valence-corrected chi connectivity index (χ3v) is 1.97. The third kappa shape index (κ3) is 3.38. The molecule has 0 aromatic heterocycles. The van der Waals surface area contributed by atoms with Gasteiger partial charge in [0.15, 0.2) is 0 Å². The van der Waals surface area contributed by atoms with Gasteiger partial charge in [-0.3, -0.25) is 4.79 Å². The molecule has 1 aromatic rings. The van der Waals surface area contributed by atoms with E-state index in [0.29, 0.717) is 0 Å². The van der Waals surface area contributed by atoms with Crippen LogP contribution < -0.4 is 16.2 Å². The van der Waals surface area contributed by atoms with Gasteiger partial charge in [-0.05, 0) is 18.2 Å². The van der Waals surface area contributed by atoms with Crippen molar-refractivity contribution in [3.8, 4) is 5.75 Å². The van der Waals surface area contributed by atoms with Gasteiger partial charge in [-0.15, -0.1) is 0 Å². The predicted octanol–water partition coefficient (Wildman–Crippen LogP) is 0.671. The summed E-state index contributed by atoms with van der Waals surface area (Å²) in [7, 11) is 0. The second-order valence-electron chi connectivity index (χ2n) is 2.89. The van der Waals surface area contributed by atoms with Crippen LogP contribution >= 0.6 is 11.6 Å². The van der Waals surface area contributed by atoms with Crippen molar-refractivity contribution >= 4 is 17.5 Å². The molecule has 6 heteroatoms. The number of amides is 1. The number of benzene rings is 1. The standard InChI is InChI=1S/C9H10ClFN2O2/c10-6-3-5(11)1-2-8(6)15-4-7(12)9(13)14/h1-3,7H,4,12H2,(H2,13,14). The molecule has 0 saturated carbocycles. The van der Waals surface area contributed by atoms with Gasteiger partial charge in [0.05, 0.1) is 5.02 Å². The van der Waals surface area contributed by atoms with Crippen LogP contribution in [0, 0.1) is 5.82 Å². The van der Waals surface area contributed by atoms with Gasteiger partial charge in [0.1, 0.15) is 24.2 Å². The van der Waals surface area contributed by atoms with Gasteiger partial charge in [-0.1, -0.05) is 11.6 Å². The monoisotopic (exact) mass is 232 g/mol. The number of hydrogen-bond donors (Lipinski definition) is 2. The summed E-state index contributed by atoms with van der Waals surface area (Å²) in [5, 5.41) is 0.117. The van der Waals surface area contributed by atoms with E-state index in [2.05, 4.69) is 0 Å². The van der Waals surface area contributed by atoms with Crippen LogP contribution in [0.1, 0.15) is 0 Å². The van der Waals surface area contributed by atoms with Gasteiger partial charge in [0.25, 0.3) is 0 Å². The number of halogens is 2. The maximum absolute atomic E-state index is 12.6. The normalized spacial score (nSPS) is 12.2. The number of ether oxygens (including phenoxy) is 1. The van der Waals surface area contributed by atoms with Crippen molar-refractivity contribution < 1.29 is 13.9 Å². The lowest BCUT2D eigenvalue weighted by atomic mass is 10.3. The Balaban J connectivity index is 2.62. The minimum Gasteiger partial charge on any atom is -0.490 e. The van der Waals surface area contributed by atoms with E-state index >= 15 is 0 Å². The fraction of sp³-hybridized carbons (Fsp3) is 0.222. The fourth-order valence-corrected chi connectivity index (χ4v) is 1.08. The molecule has 0 saturated heterocycles. The van der Waals surface area contributed by atoms with Gasteiger partial charge in [-0.25, -0.2) is 4.39 Å². The highest BCUT2D eigenvalue weighted by atomic mass is 35.5. The topological polar surface area (TPSA) is 78.3 Å². The largest absolute Gasteiger partial charge is 0.490 e. The van der Waals surface area contributed by atoms with E-state index in [-0.39, 0.29) is 17.4 Å². The summed E-state index contributed by atoms with van der Waals surface area (Å²) in [5.74, 6) is -0.880. The smallest absolute Gasteiger partial charge is 0.237 e. The Kier molecular flexibility index (Phi) is 3.88. The molecule has 0 aliphatic heterocycles. The molecule has 0 aliphatic carbocycles. The van der Waals surface area contributed by atoms with Crippen molar-refractivity contribution in [2.75, 3.05) is 6.61 Å². The number of hydrogen-bond acceptors (Lipinski definition) is 3. The summed E-state index contributed by atoms with van der Waals surface area (Å²) in [6.45, 7) is -0.0965. The zero-order valence-corrected chi connectivity index (χ0v) is 8.50. The van der Waals surface area contributed by atoms with Gasteiger partial charge < -0.3 is 16.2 Å². The van der Waals surface area contributed by atoms with E-state index in [4.69, 9.17) is 27.8 Å². The van der Waals surface area contributed by atoms with E-state index < -0.39 is 17.8 Å². The van der Waals surface area contributed by atoms with E-state index in [9.17, 15) is 9.18 Å². The van der Waals surface area contributed by atoms with Crippen LogP contribution in [0.5, 0.6) is 5.75 Å². The summed E-state index contributed by atoms with van der Waals surface area (Å²) < 4.78 is 17.7. The lowest BCUT2D eigenvalue weighted by molar-refractivity contribution is -0.119. The lowest BCUT2D eigenvalue weighted by Gasteiger charge is -2.10. The molecule has 0 spiro atoms. The Hall–Kier alpha value is -1.33. The zero-order chi connectivity index (χ0) is 11.4. The van der Waals surface area contributed by atoms with E-state index in [0.717, 1.165) is 6.07 Å². The minimum absolute atomic E-state index is 0.0965. The Bertz CT molecular complexity index is 373. The quantitative estimate of drug-likeness (QED) is 0.801. The van der Waals surface area contributed by atoms with Crippen LogP contribution in [0.4, 0.5) is 4.39 Å².